The maximum Gasteiger partial charge on any atom is 0.0587 e. The lowest BCUT2D eigenvalue weighted by molar-refractivity contribution is 0.199. The molecule has 0 radical (unpaired) electrons. The summed E-state index contributed by atoms with van der Waals surface area (Å²) in [6.07, 6.45) is 5.42. The van der Waals surface area contributed by atoms with Crippen molar-refractivity contribution in [3.63, 3.8) is 0 Å². The van der Waals surface area contributed by atoms with Crippen LogP contribution in [0.4, 0.5) is 0 Å². The second-order valence-corrected chi connectivity index (χ2v) is 3.84. The first kappa shape index (κ1) is 12.9. The van der Waals surface area contributed by atoms with Gasteiger partial charge in [-0.05, 0) is 25.5 Å². The zero-order valence-electron chi connectivity index (χ0n) is 10.2. The lowest BCUT2D eigenvalue weighted by Gasteiger charge is -2.00. The Morgan fingerprint density at radius 3 is 2.62 bits per heavy atom. The van der Waals surface area contributed by atoms with E-state index in [2.05, 4.69) is 48.7 Å². The Kier molecular flexibility index (Phi) is 6.54. The van der Waals surface area contributed by atoms with Gasteiger partial charge in [0.25, 0.3) is 0 Å². The van der Waals surface area contributed by atoms with Crippen LogP contribution >= 0.6 is 0 Å². The minimum absolute atomic E-state index is 0.779. The fourth-order valence-electron chi connectivity index (χ4n) is 1.38. The van der Waals surface area contributed by atoms with Gasteiger partial charge in [0.05, 0.1) is 6.61 Å². The van der Waals surface area contributed by atoms with Crippen LogP contribution in [0.2, 0.25) is 0 Å². The first-order chi connectivity index (χ1) is 7.83. The van der Waals surface area contributed by atoms with E-state index in [0.717, 1.165) is 26.1 Å². The molecule has 1 aromatic carbocycles. The van der Waals surface area contributed by atoms with Crippen LogP contribution in [0.15, 0.2) is 30.3 Å². The van der Waals surface area contributed by atoms with E-state index in [0.29, 0.717) is 0 Å². The van der Waals surface area contributed by atoms with Crippen molar-refractivity contribution in [3.8, 4) is 0 Å². The summed E-state index contributed by atoms with van der Waals surface area (Å²) in [7, 11) is 1.72. The molecule has 0 unspecified atom stereocenters. The third-order valence-electron chi connectivity index (χ3n) is 2.36. The number of ether oxygens (including phenoxy) is 1. The molecule has 0 fully saturated rings. The highest BCUT2D eigenvalue weighted by molar-refractivity contribution is 5.49. The van der Waals surface area contributed by atoms with E-state index < -0.39 is 0 Å². The maximum absolute atomic E-state index is 4.95. The van der Waals surface area contributed by atoms with Gasteiger partial charge in [-0.2, -0.15) is 0 Å². The molecule has 2 nitrogen and oxygen atoms in total. The molecule has 1 aromatic rings. The zero-order valence-corrected chi connectivity index (χ0v) is 10.2. The van der Waals surface area contributed by atoms with Crippen molar-refractivity contribution >= 4 is 6.08 Å². The van der Waals surface area contributed by atoms with E-state index in [4.69, 9.17) is 4.74 Å². The average Bonchev–Trinajstić information content (AvgIpc) is 2.30. The van der Waals surface area contributed by atoms with E-state index in [9.17, 15) is 0 Å². The Labute approximate surface area is 98.3 Å². The number of rotatable bonds is 7. The summed E-state index contributed by atoms with van der Waals surface area (Å²) >= 11 is 0. The highest BCUT2D eigenvalue weighted by Gasteiger charge is 1.87. The van der Waals surface area contributed by atoms with Crippen LogP contribution in [0.5, 0.6) is 0 Å². The smallest absolute Gasteiger partial charge is 0.0587 e. The molecule has 0 saturated heterocycles. The molecule has 0 aromatic heterocycles. The summed E-state index contributed by atoms with van der Waals surface area (Å²) in [4.78, 5) is 0. The molecule has 0 amide bonds. The van der Waals surface area contributed by atoms with Crippen molar-refractivity contribution in [2.75, 3.05) is 26.8 Å². The van der Waals surface area contributed by atoms with Crippen LogP contribution in [-0.2, 0) is 4.74 Å². The second-order valence-electron chi connectivity index (χ2n) is 3.84. The molecule has 0 atom stereocenters. The highest BCUT2D eigenvalue weighted by atomic mass is 16.5. The molecular weight excluding hydrogens is 198 g/mol. The first-order valence-electron chi connectivity index (χ1n) is 5.76. The standard InChI is InChI=1S/C14H21NO/c1-13-6-8-14(9-7-13)5-3-4-10-15-11-12-16-2/h3,5-9,15H,4,10-12H2,1-2H3. The van der Waals surface area contributed by atoms with Crippen molar-refractivity contribution < 1.29 is 4.74 Å². The number of nitrogens with one attached hydrogen (secondary N) is 1. The lowest BCUT2D eigenvalue weighted by Crippen LogP contribution is -2.19. The van der Waals surface area contributed by atoms with E-state index in [1.807, 2.05) is 0 Å². The topological polar surface area (TPSA) is 21.3 Å². The largest absolute Gasteiger partial charge is 0.383 e. The van der Waals surface area contributed by atoms with Gasteiger partial charge >= 0.3 is 0 Å². The Bertz CT molecular complexity index is 303. The number of hydrogen-bond donors (Lipinski definition) is 1. The molecular formula is C14H21NO. The maximum atomic E-state index is 4.95. The van der Waals surface area contributed by atoms with E-state index in [-0.39, 0.29) is 0 Å². The minimum Gasteiger partial charge on any atom is -0.383 e. The average molecular weight is 219 g/mol. The molecule has 0 bridgehead atoms. The van der Waals surface area contributed by atoms with Gasteiger partial charge in [-0.25, -0.2) is 0 Å². The van der Waals surface area contributed by atoms with Crippen LogP contribution < -0.4 is 5.32 Å². The summed E-state index contributed by atoms with van der Waals surface area (Å²) in [5.41, 5.74) is 2.57. The molecule has 0 heterocycles. The zero-order chi connectivity index (χ0) is 11.6. The van der Waals surface area contributed by atoms with Crippen molar-refractivity contribution in [1.29, 1.82) is 0 Å². The van der Waals surface area contributed by atoms with E-state index >= 15 is 0 Å². The van der Waals surface area contributed by atoms with Gasteiger partial charge in [-0.1, -0.05) is 42.0 Å². The van der Waals surface area contributed by atoms with Gasteiger partial charge in [0, 0.05) is 13.7 Å². The monoisotopic (exact) mass is 219 g/mol. The normalized spacial score (nSPS) is 11.1. The van der Waals surface area contributed by atoms with Gasteiger partial charge in [-0.3, -0.25) is 0 Å². The third-order valence-corrected chi connectivity index (χ3v) is 2.36. The number of benzene rings is 1. The fraction of sp³-hybridized carbons (Fsp3) is 0.429. The van der Waals surface area contributed by atoms with E-state index in [1.54, 1.807) is 7.11 Å². The molecule has 88 valence electrons. The Balaban J connectivity index is 2.14. The molecule has 16 heavy (non-hydrogen) atoms. The van der Waals surface area contributed by atoms with Gasteiger partial charge < -0.3 is 10.1 Å². The molecule has 0 aliphatic rings. The van der Waals surface area contributed by atoms with Gasteiger partial charge in [0.15, 0.2) is 0 Å². The van der Waals surface area contributed by atoms with Gasteiger partial charge in [-0.15, -0.1) is 0 Å². The minimum atomic E-state index is 0.779. The molecule has 0 aliphatic heterocycles. The quantitative estimate of drug-likeness (QED) is 0.712. The predicted molar refractivity (Wildman–Crippen MR) is 69.6 cm³/mol. The Hall–Kier alpha value is -1.12. The van der Waals surface area contributed by atoms with Crippen molar-refractivity contribution in [2.24, 2.45) is 0 Å². The predicted octanol–water partition coefficient (Wildman–Crippen LogP) is 2.63. The molecule has 1 N–H and O–H groups in total. The first-order valence-corrected chi connectivity index (χ1v) is 5.76. The molecule has 0 spiro atoms. The van der Waals surface area contributed by atoms with Crippen molar-refractivity contribution in [3.05, 3.63) is 41.5 Å². The molecule has 1 rings (SSSR count). The van der Waals surface area contributed by atoms with Crippen LogP contribution in [0, 0.1) is 6.92 Å². The third kappa shape index (κ3) is 5.69. The number of aryl methyl sites for hydroxylation is 1. The summed E-state index contributed by atoms with van der Waals surface area (Å²) in [5.74, 6) is 0. The summed E-state index contributed by atoms with van der Waals surface area (Å²) < 4.78 is 4.95. The van der Waals surface area contributed by atoms with E-state index in [1.165, 1.54) is 11.1 Å². The fourth-order valence-corrected chi connectivity index (χ4v) is 1.38. The molecule has 0 saturated carbocycles. The summed E-state index contributed by atoms with van der Waals surface area (Å²) in [6.45, 7) is 4.81. The molecule has 2 heteroatoms. The highest BCUT2D eigenvalue weighted by Crippen LogP contribution is 2.05. The summed E-state index contributed by atoms with van der Waals surface area (Å²) in [5, 5.41) is 3.31. The van der Waals surface area contributed by atoms with Gasteiger partial charge in [0.2, 0.25) is 0 Å². The number of methoxy groups -OCH3 is 1. The Morgan fingerprint density at radius 2 is 1.94 bits per heavy atom. The van der Waals surface area contributed by atoms with Gasteiger partial charge in [0.1, 0.15) is 0 Å². The van der Waals surface area contributed by atoms with Crippen LogP contribution in [0.1, 0.15) is 17.5 Å². The molecule has 0 aliphatic carbocycles. The Morgan fingerprint density at radius 1 is 1.19 bits per heavy atom. The lowest BCUT2D eigenvalue weighted by atomic mass is 10.1. The van der Waals surface area contributed by atoms with Crippen molar-refractivity contribution in [2.45, 2.75) is 13.3 Å². The SMILES string of the molecule is COCCNCCC=Cc1ccc(C)cc1. The van der Waals surface area contributed by atoms with Crippen molar-refractivity contribution in [1.82, 2.24) is 5.32 Å². The summed E-state index contributed by atoms with van der Waals surface area (Å²) in [6, 6.07) is 8.56. The number of hydrogen-bond acceptors (Lipinski definition) is 2. The van der Waals surface area contributed by atoms with Crippen LogP contribution in [0.3, 0.4) is 0 Å². The van der Waals surface area contributed by atoms with Crippen LogP contribution in [-0.4, -0.2) is 26.8 Å². The second kappa shape index (κ2) is 8.08. The van der Waals surface area contributed by atoms with Crippen LogP contribution in [0.25, 0.3) is 6.08 Å².